The monoisotopic (exact) mass is 242 g/mol. The van der Waals surface area contributed by atoms with Gasteiger partial charge in [-0.15, -0.1) is 0 Å². The maximum absolute atomic E-state index is 5.30. The van der Waals surface area contributed by atoms with E-state index >= 15 is 0 Å². The molecule has 0 bridgehead atoms. The molecular formula is C15H18N2O. The molecule has 3 rings (SSSR count). The first-order valence-electron chi connectivity index (χ1n) is 6.52. The number of fused-ring (bicyclic) bond motifs is 1. The molecule has 2 heterocycles. The van der Waals surface area contributed by atoms with Crippen LogP contribution in [0.1, 0.15) is 18.4 Å². The van der Waals surface area contributed by atoms with E-state index in [1.165, 1.54) is 30.2 Å². The molecule has 18 heavy (non-hydrogen) atoms. The molecule has 3 heteroatoms. The van der Waals surface area contributed by atoms with E-state index in [2.05, 4.69) is 29.0 Å². The van der Waals surface area contributed by atoms with Gasteiger partial charge in [0.25, 0.3) is 0 Å². The Balaban J connectivity index is 1.86. The van der Waals surface area contributed by atoms with Crippen LogP contribution in [-0.2, 0) is 0 Å². The minimum Gasteiger partial charge on any atom is -0.464 e. The number of nitrogens with one attached hydrogen (secondary N) is 1. The van der Waals surface area contributed by atoms with Gasteiger partial charge >= 0.3 is 0 Å². The van der Waals surface area contributed by atoms with Crippen molar-refractivity contribution < 1.29 is 4.74 Å². The van der Waals surface area contributed by atoms with Crippen LogP contribution < -0.4 is 10.1 Å². The van der Waals surface area contributed by atoms with Crippen LogP contribution in [0.2, 0.25) is 0 Å². The number of ether oxygens (including phenoxy) is 1. The second-order valence-corrected chi connectivity index (χ2v) is 4.95. The van der Waals surface area contributed by atoms with Gasteiger partial charge in [0.2, 0.25) is 0 Å². The Bertz CT molecular complexity index is 481. The number of aromatic nitrogens is 1. The molecule has 94 valence electrons. The van der Waals surface area contributed by atoms with Crippen LogP contribution in [0.25, 0.3) is 5.57 Å². The third-order valence-electron chi connectivity index (χ3n) is 3.93. The Morgan fingerprint density at radius 1 is 1.44 bits per heavy atom. The van der Waals surface area contributed by atoms with Crippen LogP contribution in [0, 0.1) is 11.8 Å². The van der Waals surface area contributed by atoms with Gasteiger partial charge in [0, 0.05) is 12.7 Å². The minimum absolute atomic E-state index is 0.638. The zero-order chi connectivity index (χ0) is 12.4. The number of rotatable bonds is 3. The Kier molecular flexibility index (Phi) is 3.15. The lowest BCUT2D eigenvalue weighted by atomic mass is 9.84. The third kappa shape index (κ3) is 2.06. The van der Waals surface area contributed by atoms with Gasteiger partial charge in [0.15, 0.2) is 0 Å². The first kappa shape index (κ1) is 11.5. The molecule has 2 unspecified atom stereocenters. The van der Waals surface area contributed by atoms with E-state index < -0.39 is 0 Å². The molecule has 0 spiro atoms. The second-order valence-electron chi connectivity index (χ2n) is 4.95. The fourth-order valence-electron chi connectivity index (χ4n) is 3.06. The van der Waals surface area contributed by atoms with E-state index in [9.17, 15) is 0 Å². The summed E-state index contributed by atoms with van der Waals surface area (Å²) >= 11 is 0. The van der Waals surface area contributed by atoms with E-state index in [1.807, 2.05) is 6.20 Å². The third-order valence-corrected chi connectivity index (χ3v) is 3.93. The Hall–Kier alpha value is -1.61. The molecule has 1 aliphatic carbocycles. The quantitative estimate of drug-likeness (QED) is 0.827. The first-order valence-corrected chi connectivity index (χ1v) is 6.52. The highest BCUT2D eigenvalue weighted by molar-refractivity contribution is 5.70. The number of pyridine rings is 1. The molecule has 2 aliphatic rings. The molecule has 0 aromatic carbocycles. The molecule has 1 aliphatic heterocycles. The summed E-state index contributed by atoms with van der Waals surface area (Å²) in [6, 6.07) is 2.05. The molecular weight excluding hydrogens is 224 g/mol. The molecule has 2 atom stereocenters. The largest absolute Gasteiger partial charge is 0.464 e. The van der Waals surface area contributed by atoms with Gasteiger partial charge in [0.1, 0.15) is 5.75 Å². The molecule has 0 saturated carbocycles. The summed E-state index contributed by atoms with van der Waals surface area (Å²) in [6.45, 7) is 5.81. The first-order chi connectivity index (χ1) is 8.88. The number of hydrogen-bond acceptors (Lipinski definition) is 3. The molecule has 1 aromatic rings. The van der Waals surface area contributed by atoms with Crippen molar-refractivity contribution in [3.05, 3.63) is 42.9 Å². The molecule has 0 amide bonds. The van der Waals surface area contributed by atoms with Crippen molar-refractivity contribution in [2.24, 2.45) is 11.8 Å². The average Bonchev–Trinajstić information content (AvgIpc) is 2.83. The second kappa shape index (κ2) is 4.94. The predicted octanol–water partition coefficient (Wildman–Crippen LogP) is 2.62. The standard InChI is InChI=1S/C15H18N2O/c1-2-18-13-7-12(8-17-9-13)14-4-3-11-5-6-16-10-15(11)14/h2,4,7-9,11,15-16H,1,3,5-6,10H2. The topological polar surface area (TPSA) is 34.1 Å². The van der Waals surface area contributed by atoms with E-state index in [1.54, 1.807) is 6.20 Å². The van der Waals surface area contributed by atoms with Gasteiger partial charge in [-0.3, -0.25) is 4.98 Å². The summed E-state index contributed by atoms with van der Waals surface area (Å²) < 4.78 is 5.30. The van der Waals surface area contributed by atoms with E-state index in [0.717, 1.165) is 24.8 Å². The number of nitrogens with zero attached hydrogens (tertiary/aromatic N) is 1. The molecule has 1 aromatic heterocycles. The van der Waals surface area contributed by atoms with Crippen molar-refractivity contribution in [3.8, 4) is 5.75 Å². The Morgan fingerprint density at radius 2 is 2.39 bits per heavy atom. The van der Waals surface area contributed by atoms with Crippen LogP contribution in [-0.4, -0.2) is 18.1 Å². The lowest BCUT2D eigenvalue weighted by Crippen LogP contribution is -2.34. The summed E-state index contributed by atoms with van der Waals surface area (Å²) in [7, 11) is 0. The highest BCUT2D eigenvalue weighted by atomic mass is 16.5. The lowest BCUT2D eigenvalue weighted by molar-refractivity contribution is 0.328. The van der Waals surface area contributed by atoms with Gasteiger partial charge in [-0.1, -0.05) is 12.7 Å². The van der Waals surface area contributed by atoms with E-state index in [-0.39, 0.29) is 0 Å². The summed E-state index contributed by atoms with van der Waals surface area (Å²) in [5.41, 5.74) is 2.61. The van der Waals surface area contributed by atoms with Crippen molar-refractivity contribution in [3.63, 3.8) is 0 Å². The zero-order valence-electron chi connectivity index (χ0n) is 10.4. The van der Waals surface area contributed by atoms with Crippen molar-refractivity contribution >= 4 is 5.57 Å². The van der Waals surface area contributed by atoms with Gasteiger partial charge in [-0.05, 0) is 48.4 Å². The normalized spacial score (nSPS) is 26.3. The molecule has 3 nitrogen and oxygen atoms in total. The fraction of sp³-hybridized carbons (Fsp3) is 0.400. The number of allylic oxidation sites excluding steroid dienone is 1. The van der Waals surface area contributed by atoms with Crippen LogP contribution in [0.5, 0.6) is 5.75 Å². The van der Waals surface area contributed by atoms with Crippen LogP contribution in [0.15, 0.2) is 37.4 Å². The maximum Gasteiger partial charge on any atom is 0.145 e. The van der Waals surface area contributed by atoms with Crippen molar-refractivity contribution in [1.82, 2.24) is 10.3 Å². The predicted molar refractivity (Wildman–Crippen MR) is 72.1 cm³/mol. The molecule has 1 fully saturated rings. The summed E-state index contributed by atoms with van der Waals surface area (Å²) in [5.74, 6) is 2.21. The molecule has 1 saturated heterocycles. The van der Waals surface area contributed by atoms with Gasteiger partial charge in [-0.2, -0.15) is 0 Å². The van der Waals surface area contributed by atoms with Crippen molar-refractivity contribution in [2.45, 2.75) is 12.8 Å². The SMILES string of the molecule is C=COc1cncc(C2=CCC3CCNCC23)c1. The van der Waals surface area contributed by atoms with Gasteiger partial charge in [-0.25, -0.2) is 0 Å². The Morgan fingerprint density at radius 3 is 3.28 bits per heavy atom. The minimum atomic E-state index is 0.638. The van der Waals surface area contributed by atoms with E-state index in [4.69, 9.17) is 4.74 Å². The van der Waals surface area contributed by atoms with Crippen LogP contribution in [0.3, 0.4) is 0 Å². The van der Waals surface area contributed by atoms with Crippen LogP contribution in [0.4, 0.5) is 0 Å². The maximum atomic E-state index is 5.30. The highest BCUT2D eigenvalue weighted by Crippen LogP contribution is 2.41. The zero-order valence-corrected chi connectivity index (χ0v) is 10.4. The highest BCUT2D eigenvalue weighted by Gasteiger charge is 2.32. The summed E-state index contributed by atoms with van der Waals surface area (Å²) in [6.07, 6.45) is 9.94. The average molecular weight is 242 g/mol. The summed E-state index contributed by atoms with van der Waals surface area (Å²) in [4.78, 5) is 4.25. The summed E-state index contributed by atoms with van der Waals surface area (Å²) in [5, 5.41) is 3.49. The number of piperidine rings is 1. The van der Waals surface area contributed by atoms with Gasteiger partial charge < -0.3 is 10.1 Å². The van der Waals surface area contributed by atoms with Crippen molar-refractivity contribution in [1.29, 1.82) is 0 Å². The van der Waals surface area contributed by atoms with Crippen LogP contribution >= 0.6 is 0 Å². The fourth-order valence-corrected chi connectivity index (χ4v) is 3.06. The smallest absolute Gasteiger partial charge is 0.145 e. The molecule has 1 N–H and O–H groups in total. The molecule has 0 radical (unpaired) electrons. The lowest BCUT2D eigenvalue weighted by Gasteiger charge is -2.28. The van der Waals surface area contributed by atoms with Crippen molar-refractivity contribution in [2.75, 3.05) is 13.1 Å². The van der Waals surface area contributed by atoms with Gasteiger partial charge in [0.05, 0.1) is 12.5 Å². The number of hydrogen-bond donors (Lipinski definition) is 1. The van der Waals surface area contributed by atoms with E-state index in [0.29, 0.717) is 5.92 Å². The Labute approximate surface area is 108 Å².